The predicted molar refractivity (Wildman–Crippen MR) is 81.5 cm³/mol. The van der Waals surface area contributed by atoms with Crippen molar-refractivity contribution in [3.05, 3.63) is 51.6 Å². The van der Waals surface area contributed by atoms with Crippen LogP contribution in [-0.4, -0.2) is 5.16 Å². The van der Waals surface area contributed by atoms with Gasteiger partial charge >= 0.3 is 0 Å². The molecule has 3 rings (SSSR count). The van der Waals surface area contributed by atoms with E-state index in [9.17, 15) is 0 Å². The molecule has 0 N–H and O–H groups in total. The maximum absolute atomic E-state index is 8.82. The molecule has 2 aromatic carbocycles. The third-order valence-electron chi connectivity index (χ3n) is 2.97. The van der Waals surface area contributed by atoms with Crippen molar-refractivity contribution in [3.63, 3.8) is 0 Å². The van der Waals surface area contributed by atoms with Crippen LogP contribution in [0.25, 0.3) is 22.2 Å². The van der Waals surface area contributed by atoms with Crippen LogP contribution < -0.4 is 0 Å². The molecule has 1 aromatic heterocycles. The lowest BCUT2D eigenvalue weighted by Crippen LogP contribution is -1.83. The van der Waals surface area contributed by atoms with Crippen molar-refractivity contribution in [3.8, 4) is 17.4 Å². The molecule has 0 spiro atoms. The summed E-state index contributed by atoms with van der Waals surface area (Å²) in [7, 11) is 0. The lowest BCUT2D eigenvalue weighted by Gasteiger charge is -1.98. The average Bonchev–Trinajstić information content (AvgIpc) is 2.85. The van der Waals surface area contributed by atoms with E-state index in [4.69, 9.17) is 9.78 Å². The molecule has 1 heterocycles. The van der Waals surface area contributed by atoms with Crippen molar-refractivity contribution >= 4 is 33.5 Å². The minimum absolute atomic E-state index is 0.343. The molecule has 19 heavy (non-hydrogen) atoms. The Bertz CT molecular complexity index is 769. The van der Waals surface area contributed by atoms with Crippen molar-refractivity contribution in [2.45, 2.75) is 6.42 Å². The zero-order valence-corrected chi connectivity index (χ0v) is 12.1. The molecular formula is C15H9IN2O. The van der Waals surface area contributed by atoms with Gasteiger partial charge in [-0.1, -0.05) is 29.4 Å². The van der Waals surface area contributed by atoms with E-state index in [-0.39, 0.29) is 0 Å². The summed E-state index contributed by atoms with van der Waals surface area (Å²) in [5, 5.41) is 13.9. The normalized spacial score (nSPS) is 10.5. The molecule has 0 aliphatic heterocycles. The molecule has 92 valence electrons. The van der Waals surface area contributed by atoms with Gasteiger partial charge in [-0.2, -0.15) is 5.26 Å². The van der Waals surface area contributed by atoms with Crippen LogP contribution in [0.1, 0.15) is 5.56 Å². The molecular weight excluding hydrogens is 351 g/mol. The van der Waals surface area contributed by atoms with E-state index < -0.39 is 0 Å². The first kappa shape index (κ1) is 12.2. The van der Waals surface area contributed by atoms with E-state index in [0.717, 1.165) is 27.8 Å². The van der Waals surface area contributed by atoms with Crippen LogP contribution in [0.15, 0.2) is 47.0 Å². The molecule has 0 fully saturated rings. The lowest BCUT2D eigenvalue weighted by atomic mass is 10.0. The largest absolute Gasteiger partial charge is 0.355 e. The molecule has 0 saturated carbocycles. The number of rotatable bonds is 2. The molecule has 0 aliphatic carbocycles. The van der Waals surface area contributed by atoms with Gasteiger partial charge in [0.05, 0.1) is 17.9 Å². The monoisotopic (exact) mass is 360 g/mol. The van der Waals surface area contributed by atoms with Gasteiger partial charge in [-0.3, -0.25) is 0 Å². The number of hydrogen-bond acceptors (Lipinski definition) is 3. The fraction of sp³-hybridized carbons (Fsp3) is 0.0667. The first-order chi connectivity index (χ1) is 9.29. The van der Waals surface area contributed by atoms with E-state index >= 15 is 0 Å². The van der Waals surface area contributed by atoms with Gasteiger partial charge in [0.15, 0.2) is 5.76 Å². The summed E-state index contributed by atoms with van der Waals surface area (Å²) < 4.78 is 6.64. The highest BCUT2D eigenvalue weighted by Gasteiger charge is 2.13. The molecule has 4 heteroatoms. The van der Waals surface area contributed by atoms with Crippen LogP contribution >= 0.6 is 22.6 Å². The number of benzene rings is 2. The van der Waals surface area contributed by atoms with Crippen molar-refractivity contribution in [2.75, 3.05) is 0 Å². The number of halogens is 1. The summed E-state index contributed by atoms with van der Waals surface area (Å²) in [5.74, 6) is 0.756. The fourth-order valence-electron chi connectivity index (χ4n) is 2.06. The topological polar surface area (TPSA) is 49.8 Å². The Kier molecular flexibility index (Phi) is 3.22. The van der Waals surface area contributed by atoms with Gasteiger partial charge in [-0.15, -0.1) is 0 Å². The third kappa shape index (κ3) is 2.22. The summed E-state index contributed by atoms with van der Waals surface area (Å²) in [6, 6.07) is 16.1. The van der Waals surface area contributed by atoms with Gasteiger partial charge in [-0.25, -0.2) is 0 Å². The smallest absolute Gasteiger partial charge is 0.174 e. The molecule has 0 bridgehead atoms. The molecule has 0 aliphatic rings. The number of hydrogen-bond donors (Lipinski definition) is 0. The fourth-order valence-corrected chi connectivity index (χ4v) is 2.42. The standard InChI is InChI=1S/C15H9IN2O/c16-12-6-4-11(5-7-12)15-13-3-1-2-10(8-9-17)14(13)18-19-15/h1-7H,8H2. The van der Waals surface area contributed by atoms with Gasteiger partial charge in [-0.05, 0) is 46.4 Å². The Morgan fingerprint density at radius 1 is 1.16 bits per heavy atom. The number of nitriles is 1. The number of aromatic nitrogens is 1. The van der Waals surface area contributed by atoms with Crippen LogP contribution in [-0.2, 0) is 6.42 Å². The van der Waals surface area contributed by atoms with Crippen molar-refractivity contribution in [1.29, 1.82) is 5.26 Å². The average molecular weight is 360 g/mol. The number of nitrogens with zero attached hydrogens (tertiary/aromatic N) is 2. The maximum atomic E-state index is 8.82. The Labute approximate surface area is 124 Å². The zero-order valence-electron chi connectivity index (χ0n) is 9.93. The Balaban J connectivity index is 2.18. The molecule has 3 aromatic rings. The Hall–Kier alpha value is -1.87. The molecule has 0 radical (unpaired) electrons. The van der Waals surface area contributed by atoms with E-state index in [1.54, 1.807) is 0 Å². The van der Waals surface area contributed by atoms with Crippen molar-refractivity contribution < 1.29 is 4.52 Å². The summed E-state index contributed by atoms with van der Waals surface area (Å²) in [6.07, 6.45) is 0.343. The van der Waals surface area contributed by atoms with E-state index in [1.807, 2.05) is 42.5 Å². The van der Waals surface area contributed by atoms with E-state index in [0.29, 0.717) is 6.42 Å². The quantitative estimate of drug-likeness (QED) is 0.645. The Morgan fingerprint density at radius 3 is 2.68 bits per heavy atom. The molecule has 0 atom stereocenters. The molecule has 3 nitrogen and oxygen atoms in total. The summed E-state index contributed by atoms with van der Waals surface area (Å²) >= 11 is 2.27. The van der Waals surface area contributed by atoms with Gasteiger partial charge in [0.1, 0.15) is 5.52 Å². The number of fused-ring (bicyclic) bond motifs is 1. The molecule has 0 saturated heterocycles. The second kappa shape index (κ2) is 5.02. The van der Waals surface area contributed by atoms with E-state index in [2.05, 4.69) is 33.8 Å². The Morgan fingerprint density at radius 2 is 1.95 bits per heavy atom. The van der Waals surface area contributed by atoms with Crippen LogP contribution in [0.3, 0.4) is 0 Å². The summed E-state index contributed by atoms with van der Waals surface area (Å²) in [6.45, 7) is 0. The minimum atomic E-state index is 0.343. The summed E-state index contributed by atoms with van der Waals surface area (Å²) in [5.41, 5.74) is 2.68. The molecule has 0 amide bonds. The van der Waals surface area contributed by atoms with Crippen molar-refractivity contribution in [1.82, 2.24) is 5.16 Å². The highest BCUT2D eigenvalue weighted by atomic mass is 127. The lowest BCUT2D eigenvalue weighted by molar-refractivity contribution is 0.440. The maximum Gasteiger partial charge on any atom is 0.174 e. The third-order valence-corrected chi connectivity index (χ3v) is 3.69. The van der Waals surface area contributed by atoms with Gasteiger partial charge < -0.3 is 4.52 Å². The zero-order chi connectivity index (χ0) is 13.2. The van der Waals surface area contributed by atoms with Crippen LogP contribution in [0, 0.1) is 14.9 Å². The van der Waals surface area contributed by atoms with Crippen LogP contribution in [0.2, 0.25) is 0 Å². The highest BCUT2D eigenvalue weighted by molar-refractivity contribution is 14.1. The molecule has 0 unspecified atom stereocenters. The second-order valence-corrected chi connectivity index (χ2v) is 5.41. The van der Waals surface area contributed by atoms with Gasteiger partial charge in [0, 0.05) is 9.13 Å². The SMILES string of the molecule is N#CCc1cccc2c(-c3ccc(I)cc3)onc12. The predicted octanol–water partition coefficient (Wildman–Crippen LogP) is 4.17. The highest BCUT2D eigenvalue weighted by Crippen LogP contribution is 2.30. The van der Waals surface area contributed by atoms with E-state index in [1.165, 1.54) is 3.57 Å². The minimum Gasteiger partial charge on any atom is -0.355 e. The van der Waals surface area contributed by atoms with Crippen LogP contribution in [0.5, 0.6) is 0 Å². The first-order valence-electron chi connectivity index (χ1n) is 5.80. The first-order valence-corrected chi connectivity index (χ1v) is 6.87. The second-order valence-electron chi connectivity index (χ2n) is 4.17. The van der Waals surface area contributed by atoms with Gasteiger partial charge in [0.25, 0.3) is 0 Å². The summed E-state index contributed by atoms with van der Waals surface area (Å²) in [4.78, 5) is 0. The van der Waals surface area contributed by atoms with Gasteiger partial charge in [0.2, 0.25) is 0 Å². The van der Waals surface area contributed by atoms with Crippen molar-refractivity contribution in [2.24, 2.45) is 0 Å². The van der Waals surface area contributed by atoms with Crippen LogP contribution in [0.4, 0.5) is 0 Å².